The minimum absolute atomic E-state index is 0.652. The number of rotatable bonds is 4. The molecule has 4 nitrogen and oxygen atoms in total. The van der Waals surface area contributed by atoms with Crippen molar-refractivity contribution in [2.75, 3.05) is 6.54 Å². The first-order valence-electron chi connectivity index (χ1n) is 7.57. The van der Waals surface area contributed by atoms with Gasteiger partial charge in [0.2, 0.25) is 0 Å². The summed E-state index contributed by atoms with van der Waals surface area (Å²) >= 11 is 0. The van der Waals surface area contributed by atoms with E-state index in [1.165, 1.54) is 38.6 Å². The standard InChI is InChI=1S/C15H24N4/c1-11-8-18-12(9-17-11)10-19-15-5-2-4-13(15)14-6-3-7-16-14/h8-9,13-16,19H,2-7,10H2,1H3. The van der Waals surface area contributed by atoms with Crippen molar-refractivity contribution in [1.29, 1.82) is 0 Å². The average Bonchev–Trinajstić information content (AvgIpc) is 3.08. The van der Waals surface area contributed by atoms with Crippen molar-refractivity contribution in [3.8, 4) is 0 Å². The Kier molecular flexibility index (Phi) is 4.09. The predicted octanol–water partition coefficient (Wildman–Crippen LogP) is 1.80. The van der Waals surface area contributed by atoms with E-state index in [2.05, 4.69) is 20.6 Å². The Hall–Kier alpha value is -1.00. The first-order valence-corrected chi connectivity index (χ1v) is 7.57. The molecule has 1 aliphatic heterocycles. The molecule has 2 aliphatic rings. The van der Waals surface area contributed by atoms with Crippen LogP contribution >= 0.6 is 0 Å². The lowest BCUT2D eigenvalue weighted by molar-refractivity contribution is 0.319. The van der Waals surface area contributed by atoms with Crippen LogP contribution in [0.15, 0.2) is 12.4 Å². The summed E-state index contributed by atoms with van der Waals surface area (Å²) in [6.45, 7) is 4.03. The Bertz CT molecular complexity index is 397. The predicted molar refractivity (Wildman–Crippen MR) is 75.8 cm³/mol. The van der Waals surface area contributed by atoms with E-state index < -0.39 is 0 Å². The van der Waals surface area contributed by atoms with Gasteiger partial charge in [-0.1, -0.05) is 6.42 Å². The fourth-order valence-corrected chi connectivity index (χ4v) is 3.55. The highest BCUT2D eigenvalue weighted by atomic mass is 15.0. The van der Waals surface area contributed by atoms with Gasteiger partial charge in [0.05, 0.1) is 11.4 Å². The van der Waals surface area contributed by atoms with Crippen LogP contribution in [0.2, 0.25) is 0 Å². The molecule has 3 atom stereocenters. The molecule has 19 heavy (non-hydrogen) atoms. The number of nitrogens with one attached hydrogen (secondary N) is 2. The summed E-state index contributed by atoms with van der Waals surface area (Å²) in [5, 5.41) is 7.37. The van der Waals surface area contributed by atoms with Gasteiger partial charge in [-0.05, 0) is 45.1 Å². The molecular weight excluding hydrogens is 236 g/mol. The molecule has 3 unspecified atom stereocenters. The summed E-state index contributed by atoms with van der Waals surface area (Å²) in [5.74, 6) is 0.806. The minimum Gasteiger partial charge on any atom is -0.314 e. The summed E-state index contributed by atoms with van der Waals surface area (Å²) < 4.78 is 0. The van der Waals surface area contributed by atoms with Crippen molar-refractivity contribution in [2.45, 2.75) is 57.7 Å². The third kappa shape index (κ3) is 3.12. The first kappa shape index (κ1) is 13.0. The van der Waals surface area contributed by atoms with Gasteiger partial charge in [0.15, 0.2) is 0 Å². The zero-order valence-electron chi connectivity index (χ0n) is 11.7. The molecule has 2 heterocycles. The van der Waals surface area contributed by atoms with Crippen LogP contribution in [0.1, 0.15) is 43.5 Å². The second-order valence-corrected chi connectivity index (χ2v) is 5.93. The van der Waals surface area contributed by atoms with Crippen molar-refractivity contribution < 1.29 is 0 Å². The van der Waals surface area contributed by atoms with E-state index in [-0.39, 0.29) is 0 Å². The lowest BCUT2D eigenvalue weighted by Crippen LogP contribution is -2.41. The van der Waals surface area contributed by atoms with Gasteiger partial charge in [0.1, 0.15) is 0 Å². The van der Waals surface area contributed by atoms with E-state index in [1.807, 2.05) is 19.3 Å². The summed E-state index contributed by atoms with van der Waals surface area (Å²) in [6.07, 6.45) is 10.5. The SMILES string of the molecule is Cc1cnc(CNC2CCCC2C2CCCN2)cn1. The maximum atomic E-state index is 4.42. The molecule has 0 radical (unpaired) electrons. The Morgan fingerprint density at radius 1 is 1.21 bits per heavy atom. The van der Waals surface area contributed by atoms with E-state index in [4.69, 9.17) is 0 Å². The van der Waals surface area contributed by atoms with Crippen molar-refractivity contribution in [2.24, 2.45) is 5.92 Å². The molecule has 1 aliphatic carbocycles. The lowest BCUT2D eigenvalue weighted by Gasteiger charge is -2.26. The summed E-state index contributed by atoms with van der Waals surface area (Å²) in [4.78, 5) is 8.73. The van der Waals surface area contributed by atoms with Crippen LogP contribution in [0, 0.1) is 12.8 Å². The Morgan fingerprint density at radius 3 is 2.89 bits per heavy atom. The third-order valence-corrected chi connectivity index (χ3v) is 4.56. The van der Waals surface area contributed by atoms with Crippen LogP contribution in [0.25, 0.3) is 0 Å². The van der Waals surface area contributed by atoms with E-state index in [0.717, 1.165) is 29.9 Å². The summed E-state index contributed by atoms with van der Waals surface area (Å²) in [6, 6.07) is 1.39. The fraction of sp³-hybridized carbons (Fsp3) is 0.733. The van der Waals surface area contributed by atoms with Gasteiger partial charge in [-0.25, -0.2) is 0 Å². The third-order valence-electron chi connectivity index (χ3n) is 4.56. The quantitative estimate of drug-likeness (QED) is 0.866. The normalized spacial score (nSPS) is 30.9. The number of nitrogens with zero attached hydrogens (tertiary/aromatic N) is 2. The number of hydrogen-bond donors (Lipinski definition) is 2. The van der Waals surface area contributed by atoms with Crippen molar-refractivity contribution in [1.82, 2.24) is 20.6 Å². The zero-order chi connectivity index (χ0) is 13.1. The molecule has 1 saturated heterocycles. The maximum Gasteiger partial charge on any atom is 0.0724 e. The van der Waals surface area contributed by atoms with E-state index in [9.17, 15) is 0 Å². The van der Waals surface area contributed by atoms with Gasteiger partial charge in [-0.15, -0.1) is 0 Å². The zero-order valence-corrected chi connectivity index (χ0v) is 11.7. The highest BCUT2D eigenvalue weighted by Crippen LogP contribution is 2.31. The average molecular weight is 260 g/mol. The van der Waals surface area contributed by atoms with E-state index in [0.29, 0.717) is 6.04 Å². The second-order valence-electron chi connectivity index (χ2n) is 5.93. The van der Waals surface area contributed by atoms with Crippen molar-refractivity contribution >= 4 is 0 Å². The van der Waals surface area contributed by atoms with Gasteiger partial charge in [0.25, 0.3) is 0 Å². The van der Waals surface area contributed by atoms with Crippen LogP contribution in [0.3, 0.4) is 0 Å². The second kappa shape index (κ2) is 5.97. The topological polar surface area (TPSA) is 49.8 Å². The molecule has 0 bridgehead atoms. The molecule has 1 aromatic heterocycles. The highest BCUT2D eigenvalue weighted by Gasteiger charge is 2.34. The molecule has 0 amide bonds. The lowest BCUT2D eigenvalue weighted by atomic mass is 9.93. The molecule has 0 aromatic carbocycles. The smallest absolute Gasteiger partial charge is 0.0724 e. The molecular formula is C15H24N4. The summed E-state index contributed by atoms with van der Waals surface area (Å²) in [7, 11) is 0. The van der Waals surface area contributed by atoms with Crippen molar-refractivity contribution in [3.63, 3.8) is 0 Å². The van der Waals surface area contributed by atoms with E-state index >= 15 is 0 Å². The Labute approximate surface area is 115 Å². The number of aromatic nitrogens is 2. The van der Waals surface area contributed by atoms with Gasteiger partial charge in [-0.3, -0.25) is 9.97 Å². The Morgan fingerprint density at radius 2 is 2.16 bits per heavy atom. The largest absolute Gasteiger partial charge is 0.314 e. The minimum atomic E-state index is 0.652. The molecule has 104 valence electrons. The molecule has 1 saturated carbocycles. The molecule has 2 N–H and O–H groups in total. The van der Waals surface area contributed by atoms with Gasteiger partial charge in [0, 0.05) is 31.0 Å². The summed E-state index contributed by atoms with van der Waals surface area (Å²) in [5.41, 5.74) is 2.04. The van der Waals surface area contributed by atoms with Crippen LogP contribution < -0.4 is 10.6 Å². The number of hydrogen-bond acceptors (Lipinski definition) is 4. The van der Waals surface area contributed by atoms with Gasteiger partial charge in [-0.2, -0.15) is 0 Å². The molecule has 3 rings (SSSR count). The van der Waals surface area contributed by atoms with Crippen molar-refractivity contribution in [3.05, 3.63) is 23.8 Å². The van der Waals surface area contributed by atoms with Crippen LogP contribution in [-0.4, -0.2) is 28.6 Å². The first-order chi connectivity index (χ1) is 9.33. The molecule has 1 aromatic rings. The Balaban J connectivity index is 1.55. The molecule has 2 fully saturated rings. The van der Waals surface area contributed by atoms with Crippen LogP contribution in [0.5, 0.6) is 0 Å². The van der Waals surface area contributed by atoms with Crippen LogP contribution in [-0.2, 0) is 6.54 Å². The van der Waals surface area contributed by atoms with Crippen LogP contribution in [0.4, 0.5) is 0 Å². The highest BCUT2D eigenvalue weighted by molar-refractivity contribution is 5.01. The monoisotopic (exact) mass is 260 g/mol. The fourth-order valence-electron chi connectivity index (χ4n) is 3.55. The molecule has 4 heteroatoms. The van der Waals surface area contributed by atoms with Gasteiger partial charge < -0.3 is 10.6 Å². The molecule has 0 spiro atoms. The number of aryl methyl sites for hydroxylation is 1. The van der Waals surface area contributed by atoms with Gasteiger partial charge >= 0.3 is 0 Å². The van der Waals surface area contributed by atoms with E-state index in [1.54, 1.807) is 0 Å². The maximum absolute atomic E-state index is 4.42.